The van der Waals surface area contributed by atoms with Crippen LogP contribution in [-0.2, 0) is 6.54 Å². The average molecular weight is 485 g/mol. The van der Waals surface area contributed by atoms with Gasteiger partial charge in [0, 0.05) is 60.7 Å². The molecule has 1 aliphatic carbocycles. The first-order valence-corrected chi connectivity index (χ1v) is 11.8. The first-order chi connectivity index (χ1) is 16.6. The fourth-order valence-electron chi connectivity index (χ4n) is 6.08. The van der Waals surface area contributed by atoms with Gasteiger partial charge in [-0.1, -0.05) is 6.07 Å². The third-order valence-corrected chi connectivity index (χ3v) is 7.70. The van der Waals surface area contributed by atoms with Crippen LogP contribution in [0.25, 0.3) is 10.9 Å². The second-order valence-corrected chi connectivity index (χ2v) is 9.98. The molecule has 9 heteroatoms. The highest BCUT2D eigenvalue weighted by molar-refractivity contribution is 5.88. The van der Waals surface area contributed by atoms with Crippen molar-refractivity contribution in [2.75, 3.05) is 26.0 Å². The second kappa shape index (κ2) is 8.48. The monoisotopic (exact) mass is 484 g/mol. The third kappa shape index (κ3) is 4.11. The number of halogens is 2. The third-order valence-electron chi connectivity index (χ3n) is 7.70. The van der Waals surface area contributed by atoms with Gasteiger partial charge >= 0.3 is 5.97 Å². The number of benzene rings is 1. The van der Waals surface area contributed by atoms with E-state index in [1.54, 1.807) is 20.2 Å². The van der Waals surface area contributed by atoms with E-state index in [1.807, 2.05) is 25.3 Å². The number of hydrogen-bond acceptors (Lipinski definition) is 5. The molecule has 0 radical (unpaired) electrons. The topological polar surface area (TPSA) is 90.5 Å². The van der Waals surface area contributed by atoms with Gasteiger partial charge < -0.3 is 20.1 Å². The lowest BCUT2D eigenvalue weighted by Crippen LogP contribution is -2.53. The quantitative estimate of drug-likeness (QED) is 0.436. The van der Waals surface area contributed by atoms with E-state index in [2.05, 4.69) is 20.2 Å². The summed E-state index contributed by atoms with van der Waals surface area (Å²) in [6.45, 7) is 3.25. The molecule has 1 saturated carbocycles. The minimum Gasteiger partial charge on any atom is -0.496 e. The molecule has 2 fully saturated rings. The fraction of sp³-hybridized carbons (Fsp3) is 0.462. The number of rotatable bonds is 6. The van der Waals surface area contributed by atoms with Crippen LogP contribution in [0.1, 0.15) is 58.9 Å². The summed E-state index contributed by atoms with van der Waals surface area (Å²) in [6.07, 6.45) is 2.97. The van der Waals surface area contributed by atoms with Crippen LogP contribution in [0, 0.1) is 12.3 Å². The summed E-state index contributed by atoms with van der Waals surface area (Å²) in [5, 5.41) is 13.5. The van der Waals surface area contributed by atoms with Gasteiger partial charge in [0.05, 0.1) is 7.11 Å². The highest BCUT2D eigenvalue weighted by Gasteiger charge is 2.58. The molecule has 5 rings (SSSR count). The van der Waals surface area contributed by atoms with E-state index in [0.717, 1.165) is 33.3 Å². The Bertz CT molecular complexity index is 1280. The van der Waals surface area contributed by atoms with Crippen molar-refractivity contribution in [3.8, 4) is 5.75 Å². The van der Waals surface area contributed by atoms with Gasteiger partial charge in [-0.05, 0) is 55.5 Å². The van der Waals surface area contributed by atoms with Gasteiger partial charge in [0.1, 0.15) is 11.6 Å². The number of carboxylic acid groups (broad SMARTS) is 1. The summed E-state index contributed by atoms with van der Waals surface area (Å²) in [6, 6.07) is 7.12. The number of aromatic nitrogens is 2. The zero-order valence-corrected chi connectivity index (χ0v) is 20.1. The molecule has 3 heterocycles. The van der Waals surface area contributed by atoms with Crippen molar-refractivity contribution in [1.29, 1.82) is 0 Å². The molecular weight excluding hydrogens is 454 g/mol. The molecule has 7 nitrogen and oxygen atoms in total. The van der Waals surface area contributed by atoms with Gasteiger partial charge in [-0.2, -0.15) is 0 Å². The number of alkyl halides is 2. The van der Waals surface area contributed by atoms with Crippen LogP contribution < -0.4 is 10.1 Å². The molecule has 186 valence electrons. The number of anilines is 1. The van der Waals surface area contributed by atoms with Crippen molar-refractivity contribution in [2.45, 2.75) is 51.1 Å². The number of carboxylic acids is 1. The molecule has 0 unspecified atom stereocenters. The van der Waals surface area contributed by atoms with E-state index in [9.17, 15) is 18.7 Å². The maximum atomic E-state index is 14.0. The molecule has 0 bridgehead atoms. The molecule has 3 N–H and O–H groups in total. The fourth-order valence-corrected chi connectivity index (χ4v) is 6.08. The number of carbonyl (C=O) groups is 1. The largest absolute Gasteiger partial charge is 0.496 e. The number of ether oxygens (including phenoxy) is 1. The van der Waals surface area contributed by atoms with Crippen LogP contribution >= 0.6 is 0 Å². The Morgan fingerprint density at radius 3 is 2.77 bits per heavy atom. The number of fused-ring (bicyclic) bond motifs is 1. The number of aryl methyl sites for hydroxylation is 1. The number of H-pyrrole nitrogens is 1. The van der Waals surface area contributed by atoms with Crippen LogP contribution in [0.4, 0.5) is 14.6 Å². The minimum absolute atomic E-state index is 0.0559. The van der Waals surface area contributed by atoms with E-state index < -0.39 is 17.3 Å². The van der Waals surface area contributed by atoms with Crippen molar-refractivity contribution in [1.82, 2.24) is 14.9 Å². The Labute approximate surface area is 202 Å². The zero-order valence-electron chi connectivity index (χ0n) is 20.1. The van der Waals surface area contributed by atoms with Gasteiger partial charge in [-0.15, -0.1) is 0 Å². The number of aromatic carboxylic acids is 1. The number of likely N-dealkylation sites (tertiary alicyclic amines) is 1. The van der Waals surface area contributed by atoms with Crippen LogP contribution in [0.2, 0.25) is 0 Å². The van der Waals surface area contributed by atoms with Crippen LogP contribution in [0.15, 0.2) is 30.5 Å². The summed E-state index contributed by atoms with van der Waals surface area (Å²) in [5.74, 6) is -2.47. The van der Waals surface area contributed by atoms with Gasteiger partial charge in [0.25, 0.3) is 0 Å². The summed E-state index contributed by atoms with van der Waals surface area (Å²) in [4.78, 5) is 21.4. The first-order valence-electron chi connectivity index (χ1n) is 11.8. The van der Waals surface area contributed by atoms with E-state index in [-0.39, 0.29) is 24.6 Å². The molecule has 35 heavy (non-hydrogen) atoms. The minimum atomic E-state index is -2.61. The van der Waals surface area contributed by atoms with Crippen molar-refractivity contribution >= 4 is 22.7 Å². The number of nitrogens with zero attached hydrogens (tertiary/aromatic N) is 2. The number of methoxy groups -OCH3 is 1. The standard InChI is InChI=1S/C26H30F2N4O3/c1-15-10-21(35-3)18(16-6-8-30-22(15)16)12-32-9-7-25(13-26(27,28)14-25)11-20(32)17-4-5-19(24(33)34)31-23(17)29-2/h4-6,8,10,20,30H,7,9,11-14H2,1-3H3,(H,29,31)(H,33,34)/t20-/m0/s1. The molecule has 0 amide bonds. The number of aromatic amines is 1. The Morgan fingerprint density at radius 2 is 2.11 bits per heavy atom. The van der Waals surface area contributed by atoms with Crippen LogP contribution in [0.5, 0.6) is 5.75 Å². The molecule has 1 atom stereocenters. The van der Waals surface area contributed by atoms with Gasteiger partial charge in [-0.3, -0.25) is 4.90 Å². The van der Waals surface area contributed by atoms with Gasteiger partial charge in [0.2, 0.25) is 5.92 Å². The van der Waals surface area contributed by atoms with Gasteiger partial charge in [0.15, 0.2) is 5.69 Å². The SMILES string of the molecule is CNc1nc(C(=O)O)ccc1[C@@H]1CC2(CCN1Cc1c(OC)cc(C)c3[nH]ccc13)CC(F)(F)C2. The van der Waals surface area contributed by atoms with Crippen molar-refractivity contribution in [2.24, 2.45) is 5.41 Å². The molecule has 2 aliphatic rings. The maximum Gasteiger partial charge on any atom is 0.354 e. The Morgan fingerprint density at radius 1 is 1.34 bits per heavy atom. The highest BCUT2D eigenvalue weighted by atomic mass is 19.3. The molecule has 1 spiro atoms. The van der Waals surface area contributed by atoms with Crippen LogP contribution in [0.3, 0.4) is 0 Å². The summed E-state index contributed by atoms with van der Waals surface area (Å²) in [5.41, 5.74) is 3.52. The molecule has 3 aromatic rings. The number of nitrogens with one attached hydrogen (secondary N) is 2. The summed E-state index contributed by atoms with van der Waals surface area (Å²) in [7, 11) is 3.35. The van der Waals surface area contributed by atoms with Gasteiger partial charge in [-0.25, -0.2) is 18.6 Å². The lowest BCUT2D eigenvalue weighted by Gasteiger charge is -2.54. The van der Waals surface area contributed by atoms with Crippen molar-refractivity contribution < 1.29 is 23.4 Å². The molecule has 2 aromatic heterocycles. The number of piperidine rings is 1. The smallest absolute Gasteiger partial charge is 0.354 e. The van der Waals surface area contributed by atoms with E-state index in [0.29, 0.717) is 31.7 Å². The predicted molar refractivity (Wildman–Crippen MR) is 129 cm³/mol. The second-order valence-electron chi connectivity index (χ2n) is 9.98. The van der Waals surface area contributed by atoms with Crippen molar-refractivity contribution in [3.63, 3.8) is 0 Å². The average Bonchev–Trinajstić information content (AvgIpc) is 3.30. The Kier molecular flexibility index (Phi) is 5.70. The Hall–Kier alpha value is -3.20. The lowest BCUT2D eigenvalue weighted by atomic mass is 9.59. The van der Waals surface area contributed by atoms with E-state index >= 15 is 0 Å². The highest BCUT2D eigenvalue weighted by Crippen LogP contribution is 2.61. The summed E-state index contributed by atoms with van der Waals surface area (Å²) < 4.78 is 33.7. The Balaban J connectivity index is 1.56. The molecule has 1 aliphatic heterocycles. The summed E-state index contributed by atoms with van der Waals surface area (Å²) >= 11 is 0. The first kappa shape index (κ1) is 23.5. The molecule has 1 saturated heterocycles. The maximum absolute atomic E-state index is 14.0. The normalized spacial score (nSPS) is 21.1. The molecule has 1 aromatic carbocycles. The lowest BCUT2D eigenvalue weighted by molar-refractivity contribution is -0.186. The van der Waals surface area contributed by atoms with Crippen molar-refractivity contribution in [3.05, 3.63) is 52.8 Å². The number of hydrogen-bond donors (Lipinski definition) is 3. The van der Waals surface area contributed by atoms with E-state index in [4.69, 9.17) is 4.74 Å². The molecular formula is C26H30F2N4O3. The number of pyridine rings is 1. The van der Waals surface area contributed by atoms with E-state index in [1.165, 1.54) is 6.07 Å². The zero-order chi connectivity index (χ0) is 25.0. The predicted octanol–water partition coefficient (Wildman–Crippen LogP) is 5.37. The van der Waals surface area contributed by atoms with Crippen LogP contribution in [-0.4, -0.2) is 52.6 Å².